The lowest BCUT2D eigenvalue weighted by atomic mass is 10.0. The maximum atomic E-state index is 13.1. The summed E-state index contributed by atoms with van der Waals surface area (Å²) >= 11 is 0. The third-order valence-electron chi connectivity index (χ3n) is 5.24. The average molecular weight is 401 g/mol. The molecule has 1 aliphatic rings. The molecule has 150 valence electrons. The van der Waals surface area contributed by atoms with Crippen LogP contribution in [0.2, 0.25) is 0 Å². The summed E-state index contributed by atoms with van der Waals surface area (Å²) in [6.45, 7) is 4.51. The van der Waals surface area contributed by atoms with E-state index in [2.05, 4.69) is 5.32 Å². The maximum absolute atomic E-state index is 13.1. The Kier molecular flexibility index (Phi) is 6.39. The molecule has 2 aromatic carbocycles. The van der Waals surface area contributed by atoms with E-state index in [1.807, 2.05) is 38.1 Å². The Balaban J connectivity index is 1.70. The third kappa shape index (κ3) is 4.55. The van der Waals surface area contributed by atoms with Crippen LogP contribution >= 0.6 is 0 Å². The zero-order valence-electron chi connectivity index (χ0n) is 16.5. The summed E-state index contributed by atoms with van der Waals surface area (Å²) in [4.78, 5) is 12.2. The zero-order valence-corrected chi connectivity index (χ0v) is 17.3. The molecule has 0 aromatic heterocycles. The minimum atomic E-state index is -3.59. The molecule has 1 N–H and O–H groups in total. The molecule has 0 unspecified atom stereocenters. The van der Waals surface area contributed by atoms with E-state index in [-0.39, 0.29) is 16.8 Å². The van der Waals surface area contributed by atoms with Crippen molar-refractivity contribution in [2.24, 2.45) is 0 Å². The second-order valence-electron chi connectivity index (χ2n) is 7.33. The SMILES string of the molecule is CC[C@@H](C)NC(=O)CCc1ccc(S(=O)(=O)N2CCCc3ccccc32)cc1. The highest BCUT2D eigenvalue weighted by molar-refractivity contribution is 7.92. The largest absolute Gasteiger partial charge is 0.354 e. The summed E-state index contributed by atoms with van der Waals surface area (Å²) in [5.74, 6) is 0.0240. The van der Waals surface area contributed by atoms with E-state index in [0.29, 0.717) is 19.4 Å². The number of hydrogen-bond donors (Lipinski definition) is 1. The zero-order chi connectivity index (χ0) is 20.1. The van der Waals surface area contributed by atoms with Crippen LogP contribution in [0, 0.1) is 0 Å². The van der Waals surface area contributed by atoms with Gasteiger partial charge in [0.05, 0.1) is 10.6 Å². The van der Waals surface area contributed by atoms with E-state index in [9.17, 15) is 13.2 Å². The number of fused-ring (bicyclic) bond motifs is 1. The second kappa shape index (κ2) is 8.78. The van der Waals surface area contributed by atoms with Crippen LogP contribution in [-0.4, -0.2) is 26.9 Å². The maximum Gasteiger partial charge on any atom is 0.264 e. The van der Waals surface area contributed by atoms with E-state index >= 15 is 0 Å². The molecule has 0 saturated carbocycles. The molecule has 6 heteroatoms. The first-order valence-corrected chi connectivity index (χ1v) is 11.3. The van der Waals surface area contributed by atoms with Gasteiger partial charge in [0.2, 0.25) is 5.91 Å². The van der Waals surface area contributed by atoms with E-state index in [1.54, 1.807) is 24.3 Å². The topological polar surface area (TPSA) is 66.5 Å². The smallest absolute Gasteiger partial charge is 0.264 e. The van der Waals surface area contributed by atoms with Crippen molar-refractivity contribution >= 4 is 21.6 Å². The number of rotatable bonds is 7. The summed E-state index contributed by atoms with van der Waals surface area (Å²) in [7, 11) is -3.59. The van der Waals surface area contributed by atoms with Gasteiger partial charge in [-0.25, -0.2) is 8.42 Å². The molecule has 2 aromatic rings. The quantitative estimate of drug-likeness (QED) is 0.771. The van der Waals surface area contributed by atoms with Gasteiger partial charge in [-0.2, -0.15) is 0 Å². The van der Waals surface area contributed by atoms with Crippen LogP contribution in [0.1, 0.15) is 44.2 Å². The number of aryl methyl sites for hydroxylation is 2. The number of carbonyl (C=O) groups is 1. The highest BCUT2D eigenvalue weighted by Crippen LogP contribution is 2.31. The van der Waals surface area contributed by atoms with Crippen LogP contribution in [0.3, 0.4) is 0 Å². The Morgan fingerprint density at radius 3 is 2.57 bits per heavy atom. The summed E-state index contributed by atoms with van der Waals surface area (Å²) in [6.07, 6.45) is 3.61. The first kappa shape index (κ1) is 20.4. The lowest BCUT2D eigenvalue weighted by Crippen LogP contribution is -2.35. The van der Waals surface area contributed by atoms with Gasteiger partial charge in [-0.3, -0.25) is 9.10 Å². The van der Waals surface area contributed by atoms with Gasteiger partial charge in [-0.05, 0) is 61.9 Å². The summed E-state index contributed by atoms with van der Waals surface area (Å²) < 4.78 is 27.8. The monoisotopic (exact) mass is 400 g/mol. The predicted octanol–water partition coefficient (Wildman–Crippen LogP) is 3.68. The second-order valence-corrected chi connectivity index (χ2v) is 9.19. The van der Waals surface area contributed by atoms with E-state index in [1.165, 1.54) is 4.31 Å². The Morgan fingerprint density at radius 2 is 1.86 bits per heavy atom. The van der Waals surface area contributed by atoms with Gasteiger partial charge in [0, 0.05) is 19.0 Å². The number of anilines is 1. The lowest BCUT2D eigenvalue weighted by Gasteiger charge is -2.30. The van der Waals surface area contributed by atoms with Crippen molar-refractivity contribution in [1.29, 1.82) is 0 Å². The Hall–Kier alpha value is -2.34. The van der Waals surface area contributed by atoms with Crippen LogP contribution in [0.4, 0.5) is 5.69 Å². The fraction of sp³-hybridized carbons (Fsp3) is 0.409. The summed E-state index contributed by atoms with van der Waals surface area (Å²) in [6, 6.07) is 14.8. The van der Waals surface area contributed by atoms with E-state index in [0.717, 1.165) is 36.1 Å². The number of hydrogen-bond acceptors (Lipinski definition) is 3. The third-order valence-corrected chi connectivity index (χ3v) is 7.07. The van der Waals surface area contributed by atoms with E-state index < -0.39 is 10.0 Å². The number of benzene rings is 2. The van der Waals surface area contributed by atoms with Crippen molar-refractivity contribution in [2.45, 2.75) is 56.9 Å². The van der Waals surface area contributed by atoms with Gasteiger partial charge < -0.3 is 5.32 Å². The van der Waals surface area contributed by atoms with Gasteiger partial charge >= 0.3 is 0 Å². The summed E-state index contributed by atoms with van der Waals surface area (Å²) in [5, 5.41) is 2.95. The molecular weight excluding hydrogens is 372 g/mol. The summed E-state index contributed by atoms with van der Waals surface area (Å²) in [5.41, 5.74) is 2.80. The van der Waals surface area contributed by atoms with Crippen LogP contribution in [0.25, 0.3) is 0 Å². The van der Waals surface area contributed by atoms with Crippen molar-refractivity contribution in [2.75, 3.05) is 10.8 Å². The number of para-hydroxylation sites is 1. The number of nitrogens with zero attached hydrogens (tertiary/aromatic N) is 1. The molecule has 28 heavy (non-hydrogen) atoms. The van der Waals surface area contributed by atoms with Crippen molar-refractivity contribution in [3.8, 4) is 0 Å². The number of amides is 1. The normalized spacial score (nSPS) is 15.0. The van der Waals surface area contributed by atoms with Crippen LogP contribution in [0.5, 0.6) is 0 Å². The molecule has 0 radical (unpaired) electrons. The molecule has 0 spiro atoms. The minimum absolute atomic E-state index is 0.0240. The van der Waals surface area contributed by atoms with Gasteiger partial charge in [0.25, 0.3) is 10.0 Å². The van der Waals surface area contributed by atoms with Crippen molar-refractivity contribution in [1.82, 2.24) is 5.32 Å². The van der Waals surface area contributed by atoms with Crippen LogP contribution in [-0.2, 0) is 27.7 Å². The fourth-order valence-corrected chi connectivity index (χ4v) is 4.95. The van der Waals surface area contributed by atoms with Crippen molar-refractivity contribution in [3.05, 3.63) is 59.7 Å². The molecule has 0 aliphatic carbocycles. The highest BCUT2D eigenvalue weighted by Gasteiger charge is 2.28. The Morgan fingerprint density at radius 1 is 1.14 bits per heavy atom. The van der Waals surface area contributed by atoms with E-state index in [4.69, 9.17) is 0 Å². The van der Waals surface area contributed by atoms with Crippen LogP contribution < -0.4 is 9.62 Å². The number of nitrogens with one attached hydrogen (secondary N) is 1. The number of carbonyl (C=O) groups excluding carboxylic acids is 1. The standard InChI is InChI=1S/C22H28N2O3S/c1-3-17(2)23-22(25)15-12-18-10-13-20(14-11-18)28(26,27)24-16-6-8-19-7-4-5-9-21(19)24/h4-5,7,9-11,13-14,17H,3,6,8,12,15-16H2,1-2H3,(H,23,25)/t17-/m1/s1. The molecule has 1 aliphatic heterocycles. The average Bonchev–Trinajstić information content (AvgIpc) is 2.72. The number of sulfonamides is 1. The molecule has 1 heterocycles. The van der Waals surface area contributed by atoms with Gasteiger partial charge in [0.1, 0.15) is 0 Å². The molecule has 1 atom stereocenters. The van der Waals surface area contributed by atoms with Gasteiger partial charge in [-0.15, -0.1) is 0 Å². The molecular formula is C22H28N2O3S. The van der Waals surface area contributed by atoms with Crippen molar-refractivity contribution < 1.29 is 13.2 Å². The van der Waals surface area contributed by atoms with Gasteiger partial charge in [-0.1, -0.05) is 37.3 Å². The minimum Gasteiger partial charge on any atom is -0.354 e. The molecule has 0 bridgehead atoms. The Labute approximate surface area is 167 Å². The molecule has 0 fully saturated rings. The predicted molar refractivity (Wildman–Crippen MR) is 112 cm³/mol. The molecule has 0 saturated heterocycles. The first-order chi connectivity index (χ1) is 13.4. The highest BCUT2D eigenvalue weighted by atomic mass is 32.2. The first-order valence-electron chi connectivity index (χ1n) is 9.90. The molecule has 1 amide bonds. The van der Waals surface area contributed by atoms with Crippen molar-refractivity contribution in [3.63, 3.8) is 0 Å². The Bertz CT molecular complexity index is 923. The molecule has 5 nitrogen and oxygen atoms in total. The van der Waals surface area contributed by atoms with Gasteiger partial charge in [0.15, 0.2) is 0 Å². The van der Waals surface area contributed by atoms with Crippen LogP contribution in [0.15, 0.2) is 53.4 Å². The lowest BCUT2D eigenvalue weighted by molar-refractivity contribution is -0.121. The fourth-order valence-electron chi connectivity index (χ4n) is 3.41. The molecule has 3 rings (SSSR count).